The molecular weight excluding hydrogens is 486 g/mol. The first-order valence-corrected chi connectivity index (χ1v) is 14.8. The standard InChI is InChI=1S/C29H35N3O2S2/c1-21-9-13-23(14-10-21)17-25(19-33-29(36-4)34-20-35-3)32-27-8-6-5-7-26(27)31(28(32)30)18-24-15-11-22(2)12-16-24/h5-16,25,29-30H,17-20H2,1-4H3/t25-,29?/m0/s1. The number of aryl methyl sites for hydroxylation is 2. The van der Waals surface area contributed by atoms with Crippen LogP contribution >= 0.6 is 23.5 Å². The number of rotatable bonds is 12. The highest BCUT2D eigenvalue weighted by Gasteiger charge is 2.22. The van der Waals surface area contributed by atoms with Gasteiger partial charge in [0.05, 0.1) is 36.2 Å². The van der Waals surface area contributed by atoms with Crippen molar-refractivity contribution in [3.05, 3.63) is 101 Å². The second-order valence-corrected chi connectivity index (χ2v) is 10.7. The van der Waals surface area contributed by atoms with E-state index in [9.17, 15) is 5.41 Å². The fraction of sp³-hybridized carbons (Fsp3) is 0.345. The van der Waals surface area contributed by atoms with Gasteiger partial charge in [0.2, 0.25) is 11.2 Å². The summed E-state index contributed by atoms with van der Waals surface area (Å²) in [5.74, 6) is 0.584. The Kier molecular flexibility index (Phi) is 9.37. The summed E-state index contributed by atoms with van der Waals surface area (Å²) in [7, 11) is 0. The molecule has 4 rings (SSSR count). The van der Waals surface area contributed by atoms with E-state index in [0.29, 0.717) is 24.7 Å². The molecule has 36 heavy (non-hydrogen) atoms. The van der Waals surface area contributed by atoms with Gasteiger partial charge in [0, 0.05) is 0 Å². The van der Waals surface area contributed by atoms with E-state index in [0.717, 1.165) is 17.5 Å². The summed E-state index contributed by atoms with van der Waals surface area (Å²) in [4.78, 5) is 0. The number of thioether (sulfide) groups is 2. The minimum atomic E-state index is -0.339. The van der Waals surface area contributed by atoms with Gasteiger partial charge in [-0.05, 0) is 56.0 Å². The first kappa shape index (κ1) is 26.6. The van der Waals surface area contributed by atoms with Gasteiger partial charge in [0.25, 0.3) is 0 Å². The van der Waals surface area contributed by atoms with Gasteiger partial charge >= 0.3 is 0 Å². The summed E-state index contributed by atoms with van der Waals surface area (Å²) in [6.07, 6.45) is 4.78. The van der Waals surface area contributed by atoms with Crippen molar-refractivity contribution in [1.82, 2.24) is 9.13 Å². The van der Waals surface area contributed by atoms with Crippen LogP contribution in [0.5, 0.6) is 0 Å². The molecule has 1 unspecified atom stereocenters. The average molecular weight is 522 g/mol. The minimum absolute atomic E-state index is 0.0584. The van der Waals surface area contributed by atoms with Crippen molar-refractivity contribution in [3.63, 3.8) is 0 Å². The summed E-state index contributed by atoms with van der Waals surface area (Å²) in [6.45, 7) is 5.29. The topological polar surface area (TPSA) is 52.2 Å². The summed E-state index contributed by atoms with van der Waals surface area (Å²) in [6, 6.07) is 25.4. The third-order valence-electron chi connectivity index (χ3n) is 6.27. The van der Waals surface area contributed by atoms with Gasteiger partial charge in [-0.15, -0.1) is 23.5 Å². The Labute approximate surface area is 222 Å². The second-order valence-electron chi connectivity index (χ2n) is 9.03. The first-order chi connectivity index (χ1) is 17.5. The van der Waals surface area contributed by atoms with Gasteiger partial charge in [-0.3, -0.25) is 5.41 Å². The highest BCUT2D eigenvalue weighted by Crippen LogP contribution is 2.24. The summed E-state index contributed by atoms with van der Waals surface area (Å²) >= 11 is 3.19. The molecule has 0 saturated carbocycles. The third-order valence-corrected chi connectivity index (χ3v) is 7.30. The first-order valence-electron chi connectivity index (χ1n) is 12.1. The van der Waals surface area contributed by atoms with Crippen molar-refractivity contribution < 1.29 is 9.47 Å². The van der Waals surface area contributed by atoms with Gasteiger partial charge in [0.1, 0.15) is 0 Å². The molecule has 1 heterocycles. The lowest BCUT2D eigenvalue weighted by molar-refractivity contribution is -0.0749. The monoisotopic (exact) mass is 521 g/mol. The van der Waals surface area contributed by atoms with Crippen molar-refractivity contribution >= 4 is 34.6 Å². The Morgan fingerprint density at radius 2 is 1.42 bits per heavy atom. The summed E-state index contributed by atoms with van der Waals surface area (Å²) < 4.78 is 16.3. The molecule has 0 aliphatic heterocycles. The Balaban J connectivity index is 1.73. The number of hydrogen-bond donors (Lipinski definition) is 1. The van der Waals surface area contributed by atoms with Gasteiger partial charge in [0.15, 0.2) is 0 Å². The van der Waals surface area contributed by atoms with E-state index < -0.39 is 0 Å². The normalized spacial score (nSPS) is 13.2. The number of hydrogen-bond acceptors (Lipinski definition) is 5. The second kappa shape index (κ2) is 12.7. The maximum atomic E-state index is 9.27. The van der Waals surface area contributed by atoms with Crippen molar-refractivity contribution in [2.75, 3.05) is 25.1 Å². The van der Waals surface area contributed by atoms with E-state index in [1.807, 2.05) is 24.6 Å². The van der Waals surface area contributed by atoms with Gasteiger partial charge < -0.3 is 18.6 Å². The zero-order chi connectivity index (χ0) is 25.5. The number of fused-ring (bicyclic) bond motifs is 1. The fourth-order valence-electron chi connectivity index (χ4n) is 4.38. The molecule has 7 heteroatoms. The van der Waals surface area contributed by atoms with Crippen LogP contribution in [0.25, 0.3) is 11.0 Å². The van der Waals surface area contributed by atoms with Crippen LogP contribution in [0, 0.1) is 19.3 Å². The van der Waals surface area contributed by atoms with Crippen LogP contribution in [0.15, 0.2) is 72.8 Å². The number of ether oxygens (including phenoxy) is 2. The predicted octanol–water partition coefficient (Wildman–Crippen LogP) is 6.37. The number of para-hydroxylation sites is 2. The smallest absolute Gasteiger partial charge is 0.207 e. The molecule has 0 fully saturated rings. The van der Waals surface area contributed by atoms with Crippen LogP contribution in [-0.2, 0) is 22.4 Å². The molecule has 0 bridgehead atoms. The van der Waals surface area contributed by atoms with Crippen molar-refractivity contribution in [1.29, 1.82) is 5.41 Å². The SMILES string of the molecule is CSCOC(OC[C@H](Cc1ccc(C)cc1)n1c(=N)n(Cc2ccc(C)cc2)c2ccccc21)SC. The molecule has 0 aliphatic carbocycles. The van der Waals surface area contributed by atoms with E-state index in [2.05, 4.69) is 83.6 Å². The van der Waals surface area contributed by atoms with Gasteiger partial charge in [-0.1, -0.05) is 71.8 Å². The van der Waals surface area contributed by atoms with Crippen LogP contribution in [0.2, 0.25) is 0 Å². The molecule has 1 N–H and O–H groups in total. The minimum Gasteiger partial charge on any atom is -0.341 e. The Morgan fingerprint density at radius 3 is 2.03 bits per heavy atom. The Hall–Kier alpha value is -2.45. The third kappa shape index (κ3) is 6.45. The number of nitrogens with zero attached hydrogens (tertiary/aromatic N) is 2. The number of benzene rings is 3. The van der Waals surface area contributed by atoms with Crippen LogP contribution < -0.4 is 5.62 Å². The lowest BCUT2D eigenvalue weighted by Gasteiger charge is -2.23. The quantitative estimate of drug-likeness (QED) is 0.220. The highest BCUT2D eigenvalue weighted by atomic mass is 32.2. The molecule has 190 valence electrons. The molecule has 0 radical (unpaired) electrons. The van der Waals surface area contributed by atoms with Crippen molar-refractivity contribution in [3.8, 4) is 0 Å². The molecule has 5 nitrogen and oxygen atoms in total. The van der Waals surface area contributed by atoms with E-state index in [1.165, 1.54) is 22.3 Å². The number of nitrogens with one attached hydrogen (secondary N) is 1. The molecule has 0 aliphatic rings. The molecule has 2 atom stereocenters. The predicted molar refractivity (Wildman–Crippen MR) is 153 cm³/mol. The Morgan fingerprint density at radius 1 is 0.806 bits per heavy atom. The lowest BCUT2D eigenvalue weighted by atomic mass is 10.0. The molecule has 4 aromatic rings. The highest BCUT2D eigenvalue weighted by molar-refractivity contribution is 7.99. The average Bonchev–Trinajstić information content (AvgIpc) is 3.17. The largest absolute Gasteiger partial charge is 0.341 e. The lowest BCUT2D eigenvalue weighted by Crippen LogP contribution is -2.32. The van der Waals surface area contributed by atoms with Gasteiger partial charge in [-0.25, -0.2) is 0 Å². The van der Waals surface area contributed by atoms with Crippen LogP contribution in [-0.4, -0.2) is 39.8 Å². The van der Waals surface area contributed by atoms with E-state index in [-0.39, 0.29) is 11.7 Å². The molecular formula is C29H35N3O2S2. The maximum absolute atomic E-state index is 9.27. The molecule has 3 aromatic carbocycles. The zero-order valence-electron chi connectivity index (χ0n) is 21.4. The Bertz CT molecular complexity index is 1310. The van der Waals surface area contributed by atoms with Crippen LogP contribution in [0.4, 0.5) is 0 Å². The van der Waals surface area contributed by atoms with Crippen LogP contribution in [0.3, 0.4) is 0 Å². The number of imidazole rings is 1. The number of aromatic nitrogens is 2. The van der Waals surface area contributed by atoms with Crippen molar-refractivity contribution in [2.24, 2.45) is 0 Å². The van der Waals surface area contributed by atoms with E-state index in [4.69, 9.17) is 9.47 Å². The summed E-state index contributed by atoms with van der Waals surface area (Å²) in [5, 5.41) is 9.27. The zero-order valence-corrected chi connectivity index (χ0v) is 23.1. The van der Waals surface area contributed by atoms with Crippen LogP contribution in [0.1, 0.15) is 28.3 Å². The van der Waals surface area contributed by atoms with Crippen molar-refractivity contribution in [2.45, 2.75) is 38.5 Å². The molecule has 1 aromatic heterocycles. The molecule has 0 spiro atoms. The van der Waals surface area contributed by atoms with E-state index >= 15 is 0 Å². The van der Waals surface area contributed by atoms with Gasteiger partial charge in [-0.2, -0.15) is 0 Å². The van der Waals surface area contributed by atoms with E-state index in [1.54, 1.807) is 23.5 Å². The maximum Gasteiger partial charge on any atom is 0.207 e. The molecule has 0 saturated heterocycles. The molecule has 0 amide bonds. The summed E-state index contributed by atoms with van der Waals surface area (Å²) in [5.41, 5.74) is 7.11. The fourth-order valence-corrected chi connectivity index (χ4v) is 5.14.